The van der Waals surface area contributed by atoms with Crippen molar-refractivity contribution >= 4 is 16.8 Å². The van der Waals surface area contributed by atoms with Gasteiger partial charge in [0.1, 0.15) is 0 Å². The minimum atomic E-state index is -0.0552. The van der Waals surface area contributed by atoms with Crippen molar-refractivity contribution in [2.75, 3.05) is 14.2 Å². The third-order valence-electron chi connectivity index (χ3n) is 2.98. The van der Waals surface area contributed by atoms with E-state index in [1.54, 1.807) is 7.05 Å². The number of amides is 1. The Balaban J connectivity index is 2.35. The summed E-state index contributed by atoms with van der Waals surface area (Å²) in [6.45, 7) is 1.98. The van der Waals surface area contributed by atoms with Crippen LogP contribution in [0.4, 0.5) is 0 Å². The molecule has 2 aromatic rings. The van der Waals surface area contributed by atoms with E-state index in [1.165, 1.54) is 12.2 Å². The summed E-state index contributed by atoms with van der Waals surface area (Å²) in [7, 11) is 3.10. The average Bonchev–Trinajstić information content (AvgIpc) is 2.65. The first-order chi connectivity index (χ1) is 8.13. The Morgan fingerprint density at radius 1 is 1.41 bits per heavy atom. The van der Waals surface area contributed by atoms with Crippen LogP contribution in [-0.4, -0.2) is 30.1 Å². The number of hydrogen-bond acceptors (Lipinski definition) is 2. The summed E-state index contributed by atoms with van der Waals surface area (Å²) in [5.41, 5.74) is 3.13. The molecule has 0 fully saturated rings. The second-order valence-corrected chi connectivity index (χ2v) is 4.02. The van der Waals surface area contributed by atoms with Gasteiger partial charge >= 0.3 is 0 Å². The highest BCUT2D eigenvalue weighted by atomic mass is 16.7. The molecule has 0 aliphatic rings. The molecule has 4 nitrogen and oxygen atoms in total. The Morgan fingerprint density at radius 3 is 2.82 bits per heavy atom. The van der Waals surface area contributed by atoms with E-state index >= 15 is 0 Å². The number of fused-ring (bicyclic) bond motifs is 1. The molecule has 1 aromatic heterocycles. The average molecular weight is 232 g/mol. The van der Waals surface area contributed by atoms with Gasteiger partial charge in [-0.05, 0) is 18.6 Å². The number of hydroxylamine groups is 2. The van der Waals surface area contributed by atoms with Crippen LogP contribution in [0.1, 0.15) is 11.3 Å². The standard InChI is InChI=1S/C13H16N2O2/c1-9-11(8-13(16)15(2)17-3)10-6-4-5-7-12(10)14-9/h4-7,14H,8H2,1-3H3. The molecule has 0 unspecified atom stereocenters. The molecule has 0 aliphatic heterocycles. The summed E-state index contributed by atoms with van der Waals surface area (Å²) >= 11 is 0. The molecule has 0 bridgehead atoms. The van der Waals surface area contributed by atoms with Gasteiger partial charge in [-0.3, -0.25) is 9.63 Å². The fourth-order valence-electron chi connectivity index (χ4n) is 1.93. The van der Waals surface area contributed by atoms with Crippen molar-refractivity contribution in [3.8, 4) is 0 Å². The highest BCUT2D eigenvalue weighted by Crippen LogP contribution is 2.22. The number of nitrogens with zero attached hydrogens (tertiary/aromatic N) is 1. The zero-order chi connectivity index (χ0) is 12.4. The molecule has 17 heavy (non-hydrogen) atoms. The first-order valence-corrected chi connectivity index (χ1v) is 5.50. The minimum absolute atomic E-state index is 0.0552. The number of H-pyrrole nitrogens is 1. The number of aromatic nitrogens is 1. The number of para-hydroxylation sites is 1. The number of rotatable bonds is 3. The molecule has 0 radical (unpaired) electrons. The topological polar surface area (TPSA) is 45.3 Å². The molecule has 0 atom stereocenters. The molecule has 2 rings (SSSR count). The predicted molar refractivity (Wildman–Crippen MR) is 66.5 cm³/mol. The molecule has 0 saturated carbocycles. The molecule has 4 heteroatoms. The Bertz CT molecular complexity index is 545. The third kappa shape index (κ3) is 2.17. The normalized spacial score (nSPS) is 10.8. The van der Waals surface area contributed by atoms with Crippen LogP contribution in [0.5, 0.6) is 0 Å². The van der Waals surface area contributed by atoms with Gasteiger partial charge in [-0.15, -0.1) is 0 Å². The van der Waals surface area contributed by atoms with Crippen LogP contribution in [0.2, 0.25) is 0 Å². The smallest absolute Gasteiger partial charge is 0.250 e. The summed E-state index contributed by atoms with van der Waals surface area (Å²) in [5.74, 6) is -0.0552. The van der Waals surface area contributed by atoms with Crippen LogP contribution in [0.3, 0.4) is 0 Å². The van der Waals surface area contributed by atoms with Gasteiger partial charge in [-0.1, -0.05) is 18.2 Å². The van der Waals surface area contributed by atoms with Gasteiger partial charge in [0, 0.05) is 23.6 Å². The monoisotopic (exact) mass is 232 g/mol. The van der Waals surface area contributed by atoms with Crippen molar-refractivity contribution < 1.29 is 9.63 Å². The van der Waals surface area contributed by atoms with Crippen LogP contribution in [0.25, 0.3) is 10.9 Å². The van der Waals surface area contributed by atoms with Gasteiger partial charge in [0.05, 0.1) is 13.5 Å². The first-order valence-electron chi connectivity index (χ1n) is 5.50. The van der Waals surface area contributed by atoms with Crippen LogP contribution >= 0.6 is 0 Å². The second kappa shape index (κ2) is 4.59. The van der Waals surface area contributed by atoms with Gasteiger partial charge in [-0.25, -0.2) is 5.06 Å². The Morgan fingerprint density at radius 2 is 2.12 bits per heavy atom. The van der Waals surface area contributed by atoms with Crippen LogP contribution in [0.15, 0.2) is 24.3 Å². The second-order valence-electron chi connectivity index (χ2n) is 4.02. The number of benzene rings is 1. The zero-order valence-electron chi connectivity index (χ0n) is 10.3. The maximum Gasteiger partial charge on any atom is 0.250 e. The molecular weight excluding hydrogens is 216 g/mol. The third-order valence-corrected chi connectivity index (χ3v) is 2.98. The lowest BCUT2D eigenvalue weighted by Gasteiger charge is -2.13. The molecule has 1 amide bonds. The van der Waals surface area contributed by atoms with E-state index in [2.05, 4.69) is 4.98 Å². The lowest BCUT2D eigenvalue weighted by atomic mass is 10.1. The number of carbonyl (C=O) groups excluding carboxylic acids is 1. The quantitative estimate of drug-likeness (QED) is 0.823. The fraction of sp³-hybridized carbons (Fsp3) is 0.308. The zero-order valence-corrected chi connectivity index (χ0v) is 10.3. The number of likely N-dealkylation sites (N-methyl/N-ethyl adjacent to an activating group) is 1. The summed E-state index contributed by atoms with van der Waals surface area (Å²) in [6.07, 6.45) is 0.347. The summed E-state index contributed by atoms with van der Waals surface area (Å²) in [5, 5.41) is 2.35. The van der Waals surface area contributed by atoms with Crippen LogP contribution in [0, 0.1) is 6.92 Å². The minimum Gasteiger partial charge on any atom is -0.358 e. The number of aryl methyl sites for hydroxylation is 1. The van der Waals surface area contributed by atoms with Crippen molar-refractivity contribution in [3.63, 3.8) is 0 Å². The Labute approximate surface area is 100 Å². The Kier molecular flexibility index (Phi) is 3.15. The van der Waals surface area contributed by atoms with E-state index in [1.807, 2.05) is 31.2 Å². The summed E-state index contributed by atoms with van der Waals surface area (Å²) in [6, 6.07) is 7.99. The summed E-state index contributed by atoms with van der Waals surface area (Å²) in [4.78, 5) is 20.0. The molecule has 0 aliphatic carbocycles. The largest absolute Gasteiger partial charge is 0.358 e. The Hall–Kier alpha value is -1.81. The van der Waals surface area contributed by atoms with Crippen molar-refractivity contribution in [3.05, 3.63) is 35.5 Å². The molecule has 1 heterocycles. The molecule has 90 valence electrons. The van der Waals surface area contributed by atoms with E-state index in [-0.39, 0.29) is 5.91 Å². The lowest BCUT2D eigenvalue weighted by Crippen LogP contribution is -2.27. The van der Waals surface area contributed by atoms with Crippen molar-refractivity contribution in [2.45, 2.75) is 13.3 Å². The van der Waals surface area contributed by atoms with E-state index < -0.39 is 0 Å². The number of nitrogens with one attached hydrogen (secondary N) is 1. The van der Waals surface area contributed by atoms with Gasteiger partial charge < -0.3 is 4.98 Å². The predicted octanol–water partition coefficient (Wildman–Crippen LogP) is 2.04. The van der Waals surface area contributed by atoms with Crippen LogP contribution in [-0.2, 0) is 16.1 Å². The van der Waals surface area contributed by atoms with E-state index in [0.29, 0.717) is 6.42 Å². The van der Waals surface area contributed by atoms with Gasteiger partial charge in [0.2, 0.25) is 5.91 Å². The van der Waals surface area contributed by atoms with Crippen LogP contribution < -0.4 is 0 Å². The van der Waals surface area contributed by atoms with E-state index in [0.717, 1.165) is 22.2 Å². The van der Waals surface area contributed by atoms with Crippen molar-refractivity contribution in [2.24, 2.45) is 0 Å². The van der Waals surface area contributed by atoms with Crippen molar-refractivity contribution in [1.29, 1.82) is 0 Å². The highest BCUT2D eigenvalue weighted by molar-refractivity contribution is 5.89. The maximum absolute atomic E-state index is 11.8. The molecule has 0 saturated heterocycles. The van der Waals surface area contributed by atoms with Gasteiger partial charge in [0.25, 0.3) is 0 Å². The molecule has 1 aromatic carbocycles. The lowest BCUT2D eigenvalue weighted by molar-refractivity contribution is -0.167. The SMILES string of the molecule is CON(C)C(=O)Cc1c(C)[nH]c2ccccc12. The van der Waals surface area contributed by atoms with E-state index in [4.69, 9.17) is 4.84 Å². The molecule has 1 N–H and O–H groups in total. The number of carbonyl (C=O) groups is 1. The highest BCUT2D eigenvalue weighted by Gasteiger charge is 2.14. The van der Waals surface area contributed by atoms with E-state index in [9.17, 15) is 4.79 Å². The number of aromatic amines is 1. The molecule has 0 spiro atoms. The van der Waals surface area contributed by atoms with Gasteiger partial charge in [0.15, 0.2) is 0 Å². The number of hydrogen-bond donors (Lipinski definition) is 1. The molecular formula is C13H16N2O2. The van der Waals surface area contributed by atoms with Crippen molar-refractivity contribution in [1.82, 2.24) is 10.0 Å². The summed E-state index contributed by atoms with van der Waals surface area (Å²) < 4.78 is 0. The fourth-order valence-corrected chi connectivity index (χ4v) is 1.93. The maximum atomic E-state index is 11.8. The first kappa shape index (κ1) is 11.7. The van der Waals surface area contributed by atoms with Gasteiger partial charge in [-0.2, -0.15) is 0 Å².